The van der Waals surface area contributed by atoms with Gasteiger partial charge in [-0.3, -0.25) is 0 Å². The zero-order valence-corrected chi connectivity index (χ0v) is 25.6. The lowest BCUT2D eigenvalue weighted by Gasteiger charge is -2.18. The molecule has 0 bridgehead atoms. The zero-order chi connectivity index (χ0) is 30.9. The van der Waals surface area contributed by atoms with Crippen LogP contribution in [0.1, 0.15) is 0 Å². The van der Waals surface area contributed by atoms with Crippen molar-refractivity contribution in [1.29, 1.82) is 0 Å². The molecule has 0 aliphatic heterocycles. The van der Waals surface area contributed by atoms with Gasteiger partial charge in [-0.25, -0.2) is 0 Å². The molecule has 10 rings (SSSR count). The molecule has 0 radical (unpaired) electrons. The van der Waals surface area contributed by atoms with Crippen LogP contribution in [0.25, 0.3) is 98.4 Å². The summed E-state index contributed by atoms with van der Waals surface area (Å²) in [5.74, 6) is 0. The fourth-order valence-corrected chi connectivity index (χ4v) is 7.68. The summed E-state index contributed by atoms with van der Waals surface area (Å²) < 4.78 is 6.52. The molecule has 0 aliphatic carbocycles. The molecular formula is C46H28O. The quantitative estimate of drug-likeness (QED) is 0.185. The maximum atomic E-state index is 6.52. The van der Waals surface area contributed by atoms with Crippen LogP contribution in [0, 0.1) is 0 Å². The van der Waals surface area contributed by atoms with Gasteiger partial charge in [0.15, 0.2) is 0 Å². The molecule has 0 fully saturated rings. The highest BCUT2D eigenvalue weighted by molar-refractivity contribution is 6.23. The van der Waals surface area contributed by atoms with Crippen LogP contribution >= 0.6 is 0 Å². The molecule has 9 aromatic carbocycles. The van der Waals surface area contributed by atoms with E-state index >= 15 is 0 Å². The summed E-state index contributed by atoms with van der Waals surface area (Å²) in [7, 11) is 0. The first kappa shape index (κ1) is 26.1. The summed E-state index contributed by atoms with van der Waals surface area (Å²) in [4.78, 5) is 0. The second kappa shape index (κ2) is 10.2. The van der Waals surface area contributed by atoms with Gasteiger partial charge >= 0.3 is 0 Å². The van der Waals surface area contributed by atoms with E-state index in [0.717, 1.165) is 22.1 Å². The van der Waals surface area contributed by atoms with Crippen LogP contribution in [0.15, 0.2) is 174 Å². The van der Waals surface area contributed by atoms with Gasteiger partial charge in [-0.1, -0.05) is 140 Å². The highest BCUT2D eigenvalue weighted by atomic mass is 16.3. The fraction of sp³-hybridized carbons (Fsp3) is 0. The largest absolute Gasteiger partial charge is 0.456 e. The van der Waals surface area contributed by atoms with E-state index in [2.05, 4.69) is 170 Å². The Balaban J connectivity index is 1.20. The lowest BCUT2D eigenvalue weighted by atomic mass is 9.85. The molecule has 0 saturated carbocycles. The lowest BCUT2D eigenvalue weighted by Crippen LogP contribution is -1.91. The Hall–Kier alpha value is -6.18. The number of hydrogen-bond acceptors (Lipinski definition) is 1. The van der Waals surface area contributed by atoms with Gasteiger partial charge < -0.3 is 4.42 Å². The Morgan fingerprint density at radius 1 is 0.277 bits per heavy atom. The molecule has 1 heteroatoms. The molecular weight excluding hydrogens is 569 g/mol. The van der Waals surface area contributed by atoms with Gasteiger partial charge in [0.25, 0.3) is 0 Å². The monoisotopic (exact) mass is 596 g/mol. The standard InChI is InChI=1S/C46H28O/c1-2-12-31-26-33(21-20-29(31)10-1)32-13-9-14-34(27-32)44-37-16-5-7-18-39(37)45(40-19-8-6-17-38(40)44)35-22-24-41-43(28-35)47-42-25-23-30-11-3-4-15-36(30)46(41)42/h1-28H. The van der Waals surface area contributed by atoms with Crippen molar-refractivity contribution in [1.82, 2.24) is 0 Å². The number of rotatable bonds is 3. The van der Waals surface area contributed by atoms with Crippen molar-refractivity contribution in [3.8, 4) is 33.4 Å². The Labute approximate surface area is 271 Å². The maximum Gasteiger partial charge on any atom is 0.136 e. The van der Waals surface area contributed by atoms with Crippen LogP contribution < -0.4 is 0 Å². The first-order valence-corrected chi connectivity index (χ1v) is 16.2. The van der Waals surface area contributed by atoms with Crippen LogP contribution in [0.3, 0.4) is 0 Å². The van der Waals surface area contributed by atoms with E-state index in [4.69, 9.17) is 4.42 Å². The minimum atomic E-state index is 0.911. The third-order valence-corrected chi connectivity index (χ3v) is 9.82. The van der Waals surface area contributed by atoms with Crippen LogP contribution in [-0.2, 0) is 0 Å². The van der Waals surface area contributed by atoms with Gasteiger partial charge in [-0.15, -0.1) is 0 Å². The average Bonchev–Trinajstić information content (AvgIpc) is 3.52. The molecule has 1 aromatic heterocycles. The number of furan rings is 1. The molecule has 10 aromatic rings. The van der Waals surface area contributed by atoms with Gasteiger partial charge in [0.1, 0.15) is 11.2 Å². The van der Waals surface area contributed by atoms with E-state index in [1.807, 2.05) is 0 Å². The third-order valence-electron chi connectivity index (χ3n) is 9.82. The first-order valence-electron chi connectivity index (χ1n) is 16.2. The normalized spacial score (nSPS) is 11.8. The predicted molar refractivity (Wildman–Crippen MR) is 200 cm³/mol. The molecule has 0 saturated heterocycles. The Morgan fingerprint density at radius 2 is 0.809 bits per heavy atom. The van der Waals surface area contributed by atoms with Crippen molar-refractivity contribution < 1.29 is 4.42 Å². The van der Waals surface area contributed by atoms with E-state index in [1.54, 1.807) is 0 Å². The summed E-state index contributed by atoms with van der Waals surface area (Å²) in [6, 6.07) is 61.6. The van der Waals surface area contributed by atoms with E-state index in [1.165, 1.54) is 76.3 Å². The van der Waals surface area contributed by atoms with E-state index in [-0.39, 0.29) is 0 Å². The summed E-state index contributed by atoms with van der Waals surface area (Å²) >= 11 is 0. The Morgan fingerprint density at radius 3 is 1.53 bits per heavy atom. The van der Waals surface area contributed by atoms with Gasteiger partial charge in [-0.05, 0) is 107 Å². The van der Waals surface area contributed by atoms with Crippen molar-refractivity contribution in [2.45, 2.75) is 0 Å². The first-order chi connectivity index (χ1) is 23.3. The number of hydrogen-bond donors (Lipinski definition) is 0. The van der Waals surface area contributed by atoms with Gasteiger partial charge in [0, 0.05) is 10.8 Å². The molecule has 0 spiro atoms. The second-order valence-corrected chi connectivity index (χ2v) is 12.5. The Kier molecular flexibility index (Phi) is 5.64. The van der Waals surface area contributed by atoms with Gasteiger partial charge in [-0.2, -0.15) is 0 Å². The van der Waals surface area contributed by atoms with Crippen molar-refractivity contribution in [3.63, 3.8) is 0 Å². The van der Waals surface area contributed by atoms with Gasteiger partial charge in [0.2, 0.25) is 0 Å². The number of fused-ring (bicyclic) bond motifs is 8. The van der Waals surface area contributed by atoms with Crippen molar-refractivity contribution >= 4 is 65.0 Å². The van der Waals surface area contributed by atoms with Crippen LogP contribution in [0.4, 0.5) is 0 Å². The van der Waals surface area contributed by atoms with Crippen LogP contribution in [0.2, 0.25) is 0 Å². The van der Waals surface area contributed by atoms with Gasteiger partial charge in [0.05, 0.1) is 0 Å². The summed E-state index contributed by atoms with van der Waals surface area (Å²) in [6.07, 6.45) is 0. The maximum absolute atomic E-state index is 6.52. The molecule has 1 heterocycles. The Bertz CT molecular complexity index is 2800. The van der Waals surface area contributed by atoms with E-state index in [0.29, 0.717) is 0 Å². The second-order valence-electron chi connectivity index (χ2n) is 12.5. The molecule has 0 unspecified atom stereocenters. The smallest absolute Gasteiger partial charge is 0.136 e. The van der Waals surface area contributed by atoms with E-state index < -0.39 is 0 Å². The molecule has 1 nitrogen and oxygen atoms in total. The molecule has 0 aliphatic rings. The van der Waals surface area contributed by atoms with Crippen molar-refractivity contribution in [2.75, 3.05) is 0 Å². The van der Waals surface area contributed by atoms with E-state index in [9.17, 15) is 0 Å². The minimum absolute atomic E-state index is 0.911. The summed E-state index contributed by atoms with van der Waals surface area (Å²) in [5, 5.41) is 12.2. The van der Waals surface area contributed by atoms with Crippen LogP contribution in [-0.4, -0.2) is 0 Å². The van der Waals surface area contributed by atoms with Crippen molar-refractivity contribution in [3.05, 3.63) is 170 Å². The molecule has 47 heavy (non-hydrogen) atoms. The predicted octanol–water partition coefficient (Wildman–Crippen LogP) is 13.2. The third kappa shape index (κ3) is 4.03. The van der Waals surface area contributed by atoms with Crippen molar-refractivity contribution in [2.24, 2.45) is 0 Å². The average molecular weight is 597 g/mol. The highest BCUT2D eigenvalue weighted by Gasteiger charge is 2.18. The molecule has 218 valence electrons. The summed E-state index contributed by atoms with van der Waals surface area (Å²) in [5.41, 5.74) is 9.15. The number of benzene rings is 9. The lowest BCUT2D eigenvalue weighted by molar-refractivity contribution is 0.669. The molecule has 0 atom stereocenters. The topological polar surface area (TPSA) is 13.1 Å². The SMILES string of the molecule is c1cc(-c2ccc3ccccc3c2)cc(-c2c3ccccc3c(-c3ccc4c(c3)oc3ccc5ccccc5c34)c3ccccc23)c1. The molecule has 0 N–H and O–H groups in total. The zero-order valence-electron chi connectivity index (χ0n) is 25.6. The summed E-state index contributed by atoms with van der Waals surface area (Å²) in [6.45, 7) is 0. The minimum Gasteiger partial charge on any atom is -0.456 e. The highest BCUT2D eigenvalue weighted by Crippen LogP contribution is 2.45. The molecule has 0 amide bonds. The fourth-order valence-electron chi connectivity index (χ4n) is 7.68. The van der Waals surface area contributed by atoms with Crippen LogP contribution in [0.5, 0.6) is 0 Å².